The largest absolute Gasteiger partial charge is 0.460 e. The molecule has 0 amide bonds. The van der Waals surface area contributed by atoms with Crippen molar-refractivity contribution in [1.29, 1.82) is 0 Å². The number of anilines is 2. The molecule has 6 heteroatoms. The average molecular weight is 293 g/mol. The van der Waals surface area contributed by atoms with Crippen LogP contribution in [0.25, 0.3) is 0 Å². The second-order valence-electron chi connectivity index (χ2n) is 5.78. The van der Waals surface area contributed by atoms with Gasteiger partial charge in [-0.15, -0.1) is 0 Å². The lowest BCUT2D eigenvalue weighted by atomic mass is 9.85. The monoisotopic (exact) mass is 293 g/mol. The van der Waals surface area contributed by atoms with Crippen molar-refractivity contribution in [3.05, 3.63) is 0 Å². The van der Waals surface area contributed by atoms with Crippen LogP contribution in [0.4, 0.5) is 11.9 Å². The maximum absolute atomic E-state index is 6.11. The molecule has 6 nitrogen and oxygen atoms in total. The summed E-state index contributed by atoms with van der Waals surface area (Å²) in [5.41, 5.74) is 0. The van der Waals surface area contributed by atoms with Crippen LogP contribution in [-0.2, 0) is 0 Å². The number of hydrogen-bond donors (Lipinski definition) is 1. The van der Waals surface area contributed by atoms with Gasteiger partial charge < -0.3 is 15.0 Å². The fourth-order valence-corrected chi connectivity index (χ4v) is 2.77. The summed E-state index contributed by atoms with van der Waals surface area (Å²) in [4.78, 5) is 15.0. The Hall–Kier alpha value is -1.59. The van der Waals surface area contributed by atoms with Gasteiger partial charge in [-0.1, -0.05) is 13.3 Å². The van der Waals surface area contributed by atoms with Gasteiger partial charge in [0.15, 0.2) is 0 Å². The predicted molar refractivity (Wildman–Crippen MR) is 85.0 cm³/mol. The Morgan fingerprint density at radius 1 is 1.14 bits per heavy atom. The van der Waals surface area contributed by atoms with Crippen molar-refractivity contribution in [3.63, 3.8) is 0 Å². The molecule has 0 radical (unpaired) electrons. The van der Waals surface area contributed by atoms with E-state index in [2.05, 4.69) is 27.2 Å². The Bertz CT molecular complexity index is 452. The highest BCUT2D eigenvalue weighted by molar-refractivity contribution is 5.36. The summed E-state index contributed by atoms with van der Waals surface area (Å²) in [6.07, 6.45) is 6.26. The highest BCUT2D eigenvalue weighted by Crippen LogP contribution is 2.30. The summed E-state index contributed by atoms with van der Waals surface area (Å²) < 4.78 is 6.11. The fraction of sp³-hybridized carbons (Fsp3) is 0.800. The maximum Gasteiger partial charge on any atom is 0.323 e. The number of rotatable bonds is 6. The van der Waals surface area contributed by atoms with Gasteiger partial charge in [0, 0.05) is 20.6 Å². The van der Waals surface area contributed by atoms with Crippen molar-refractivity contribution >= 4 is 11.9 Å². The molecule has 1 fully saturated rings. The molecule has 0 aliphatic heterocycles. The molecule has 1 aliphatic rings. The van der Waals surface area contributed by atoms with Gasteiger partial charge >= 0.3 is 6.01 Å². The second kappa shape index (κ2) is 7.43. The van der Waals surface area contributed by atoms with Gasteiger partial charge in [-0.05, 0) is 38.5 Å². The standard InChI is InChI=1S/C15H27N5O/c1-5-11-9-7-8-10-12(11)21-15-18-13(16-6-2)17-14(19-15)20(3)4/h11-12H,5-10H2,1-4H3,(H,16,17,18,19). The van der Waals surface area contributed by atoms with Crippen LogP contribution in [-0.4, -0.2) is 41.7 Å². The van der Waals surface area contributed by atoms with Crippen LogP contribution in [0.2, 0.25) is 0 Å². The van der Waals surface area contributed by atoms with Crippen molar-refractivity contribution in [3.8, 4) is 6.01 Å². The zero-order chi connectivity index (χ0) is 15.2. The average Bonchev–Trinajstić information content (AvgIpc) is 2.48. The van der Waals surface area contributed by atoms with E-state index in [4.69, 9.17) is 4.74 Å². The molecule has 118 valence electrons. The summed E-state index contributed by atoms with van der Waals surface area (Å²) in [5, 5.41) is 3.14. The van der Waals surface area contributed by atoms with Crippen LogP contribution in [0.5, 0.6) is 6.01 Å². The van der Waals surface area contributed by atoms with Gasteiger partial charge in [-0.25, -0.2) is 0 Å². The van der Waals surface area contributed by atoms with E-state index in [1.807, 2.05) is 25.9 Å². The first-order valence-electron chi connectivity index (χ1n) is 7.98. The normalized spacial score (nSPS) is 21.9. The summed E-state index contributed by atoms with van der Waals surface area (Å²) in [6, 6.07) is 0.440. The molecule has 1 N–H and O–H groups in total. The van der Waals surface area contributed by atoms with E-state index in [0.717, 1.165) is 19.4 Å². The molecule has 1 heterocycles. The number of nitrogens with one attached hydrogen (secondary N) is 1. The minimum atomic E-state index is 0.232. The van der Waals surface area contributed by atoms with E-state index in [1.54, 1.807) is 0 Å². The number of nitrogens with zero attached hydrogens (tertiary/aromatic N) is 4. The van der Waals surface area contributed by atoms with Crippen LogP contribution in [0.1, 0.15) is 46.0 Å². The molecule has 1 aromatic heterocycles. The first kappa shape index (κ1) is 15.8. The molecule has 21 heavy (non-hydrogen) atoms. The zero-order valence-corrected chi connectivity index (χ0v) is 13.6. The molecule has 0 bridgehead atoms. The van der Waals surface area contributed by atoms with Gasteiger partial charge in [0.05, 0.1) is 0 Å². The Balaban J connectivity index is 2.17. The lowest BCUT2D eigenvalue weighted by molar-refractivity contribution is 0.0810. The van der Waals surface area contributed by atoms with Crippen molar-refractivity contribution in [2.24, 2.45) is 5.92 Å². The van der Waals surface area contributed by atoms with Crippen molar-refractivity contribution in [2.75, 3.05) is 30.9 Å². The van der Waals surface area contributed by atoms with Gasteiger partial charge in [0.25, 0.3) is 0 Å². The van der Waals surface area contributed by atoms with Gasteiger partial charge in [-0.3, -0.25) is 0 Å². The third kappa shape index (κ3) is 4.19. The first-order valence-corrected chi connectivity index (χ1v) is 7.98. The van der Waals surface area contributed by atoms with Crippen molar-refractivity contribution < 1.29 is 4.74 Å². The number of aromatic nitrogens is 3. The highest BCUT2D eigenvalue weighted by atomic mass is 16.5. The van der Waals surface area contributed by atoms with E-state index in [9.17, 15) is 0 Å². The zero-order valence-electron chi connectivity index (χ0n) is 13.6. The molecule has 2 unspecified atom stereocenters. The molecule has 0 aromatic carbocycles. The third-order valence-electron chi connectivity index (χ3n) is 3.96. The molecule has 0 spiro atoms. The minimum absolute atomic E-state index is 0.232. The van der Waals surface area contributed by atoms with Crippen LogP contribution < -0.4 is 15.0 Å². The summed E-state index contributed by atoms with van der Waals surface area (Å²) in [6.45, 7) is 5.03. The summed E-state index contributed by atoms with van der Waals surface area (Å²) in [7, 11) is 3.84. The Kier molecular flexibility index (Phi) is 5.59. The van der Waals surface area contributed by atoms with E-state index in [1.165, 1.54) is 19.3 Å². The fourth-order valence-electron chi connectivity index (χ4n) is 2.77. The molecule has 2 rings (SSSR count). The topological polar surface area (TPSA) is 63.2 Å². The Morgan fingerprint density at radius 2 is 1.90 bits per heavy atom. The quantitative estimate of drug-likeness (QED) is 0.870. The Morgan fingerprint density at radius 3 is 2.57 bits per heavy atom. The second-order valence-corrected chi connectivity index (χ2v) is 5.78. The molecule has 2 atom stereocenters. The van der Waals surface area contributed by atoms with E-state index < -0.39 is 0 Å². The number of hydrogen-bond acceptors (Lipinski definition) is 6. The molecule has 0 saturated heterocycles. The Labute approximate surface area is 127 Å². The summed E-state index contributed by atoms with van der Waals surface area (Å²) >= 11 is 0. The van der Waals surface area contributed by atoms with Gasteiger partial charge in [0.2, 0.25) is 11.9 Å². The molecule has 1 aliphatic carbocycles. The minimum Gasteiger partial charge on any atom is -0.460 e. The van der Waals surface area contributed by atoms with Gasteiger partial charge in [-0.2, -0.15) is 15.0 Å². The maximum atomic E-state index is 6.11. The van der Waals surface area contributed by atoms with Crippen LogP contribution >= 0.6 is 0 Å². The molecule has 1 saturated carbocycles. The van der Waals surface area contributed by atoms with E-state index in [-0.39, 0.29) is 6.10 Å². The lowest BCUT2D eigenvalue weighted by Crippen LogP contribution is -2.31. The highest BCUT2D eigenvalue weighted by Gasteiger charge is 2.26. The van der Waals surface area contributed by atoms with E-state index >= 15 is 0 Å². The van der Waals surface area contributed by atoms with Crippen molar-refractivity contribution in [2.45, 2.75) is 52.1 Å². The number of ether oxygens (including phenoxy) is 1. The van der Waals surface area contributed by atoms with Crippen molar-refractivity contribution in [1.82, 2.24) is 15.0 Å². The van der Waals surface area contributed by atoms with E-state index in [0.29, 0.717) is 23.8 Å². The lowest BCUT2D eigenvalue weighted by Gasteiger charge is -2.30. The van der Waals surface area contributed by atoms with Crippen LogP contribution in [0.15, 0.2) is 0 Å². The van der Waals surface area contributed by atoms with Gasteiger partial charge in [0.1, 0.15) is 6.10 Å². The first-order chi connectivity index (χ1) is 10.1. The molecular formula is C15H27N5O. The molecule has 1 aromatic rings. The van der Waals surface area contributed by atoms with Crippen LogP contribution in [0.3, 0.4) is 0 Å². The van der Waals surface area contributed by atoms with Crippen LogP contribution in [0, 0.1) is 5.92 Å². The molecular weight excluding hydrogens is 266 g/mol. The predicted octanol–water partition coefficient (Wildman–Crippen LogP) is 2.72. The SMILES string of the molecule is CCNc1nc(OC2CCCCC2CC)nc(N(C)C)n1. The summed E-state index contributed by atoms with van der Waals surface area (Å²) in [5.74, 6) is 1.82. The smallest absolute Gasteiger partial charge is 0.323 e. The third-order valence-corrected chi connectivity index (χ3v) is 3.96.